The van der Waals surface area contributed by atoms with Crippen molar-refractivity contribution in [2.75, 3.05) is 11.9 Å². The van der Waals surface area contributed by atoms with E-state index in [1.54, 1.807) is 30.3 Å². The first-order valence-electron chi connectivity index (χ1n) is 11.1. The van der Waals surface area contributed by atoms with Gasteiger partial charge in [0, 0.05) is 27.8 Å². The van der Waals surface area contributed by atoms with E-state index in [0.717, 1.165) is 29.1 Å². The lowest BCUT2D eigenvalue weighted by atomic mass is 10.1. The highest BCUT2D eigenvalue weighted by molar-refractivity contribution is 7.89. The van der Waals surface area contributed by atoms with Gasteiger partial charge in [0.2, 0.25) is 15.9 Å². The van der Waals surface area contributed by atoms with Crippen LogP contribution in [0.15, 0.2) is 71.6 Å². The second kappa shape index (κ2) is 11.8. The van der Waals surface area contributed by atoms with E-state index in [0.29, 0.717) is 21.3 Å². The maximum absolute atomic E-state index is 13.5. The fourth-order valence-electron chi connectivity index (χ4n) is 3.44. The normalized spacial score (nSPS) is 11.6. The molecule has 0 bridgehead atoms. The van der Waals surface area contributed by atoms with Gasteiger partial charge in [-0.15, -0.1) is 0 Å². The molecule has 0 fully saturated rings. The number of hydrogen-bond donors (Lipinski definition) is 1. The molecule has 3 rings (SSSR count). The molecule has 0 saturated heterocycles. The fraction of sp³-hybridized carbons (Fsp3) is 0.269. The number of anilines is 1. The van der Waals surface area contributed by atoms with Gasteiger partial charge < -0.3 is 5.32 Å². The first-order valence-corrected chi connectivity index (χ1v) is 13.3. The zero-order valence-electron chi connectivity index (χ0n) is 19.2. The number of halogens is 2. The molecule has 34 heavy (non-hydrogen) atoms. The van der Waals surface area contributed by atoms with Gasteiger partial charge in [-0.2, -0.15) is 4.31 Å². The Bertz CT molecular complexity index is 1210. The summed E-state index contributed by atoms with van der Waals surface area (Å²) < 4.78 is 28.0. The summed E-state index contributed by atoms with van der Waals surface area (Å²) in [7, 11) is -4.00. The van der Waals surface area contributed by atoms with Gasteiger partial charge in [-0.3, -0.25) is 4.79 Å². The van der Waals surface area contributed by atoms with Crippen molar-refractivity contribution in [1.82, 2.24) is 4.31 Å². The third kappa shape index (κ3) is 6.83. The van der Waals surface area contributed by atoms with Crippen LogP contribution in [0.3, 0.4) is 0 Å². The Balaban J connectivity index is 1.84. The molecule has 3 aromatic carbocycles. The van der Waals surface area contributed by atoms with Crippen molar-refractivity contribution in [2.24, 2.45) is 0 Å². The topological polar surface area (TPSA) is 66.5 Å². The van der Waals surface area contributed by atoms with Crippen LogP contribution in [0.2, 0.25) is 10.0 Å². The highest BCUT2D eigenvalue weighted by Crippen LogP contribution is 2.28. The van der Waals surface area contributed by atoms with E-state index < -0.39 is 22.5 Å². The maximum atomic E-state index is 13.5. The Morgan fingerprint density at radius 2 is 1.56 bits per heavy atom. The molecule has 5 nitrogen and oxygen atoms in total. The van der Waals surface area contributed by atoms with E-state index in [2.05, 4.69) is 12.2 Å². The molecule has 0 heterocycles. The van der Waals surface area contributed by atoms with E-state index >= 15 is 0 Å². The molecular weight excluding hydrogens is 491 g/mol. The average Bonchev–Trinajstić information content (AvgIpc) is 2.80. The maximum Gasteiger partial charge on any atom is 0.243 e. The minimum absolute atomic E-state index is 0.0920. The monoisotopic (exact) mass is 518 g/mol. The van der Waals surface area contributed by atoms with Crippen molar-refractivity contribution < 1.29 is 13.2 Å². The second-order valence-electron chi connectivity index (χ2n) is 8.14. The number of carbonyl (C=O) groups excluding carboxylic acids is 1. The summed E-state index contributed by atoms with van der Waals surface area (Å²) in [5.74, 6) is -0.458. The number of carbonyl (C=O) groups is 1. The van der Waals surface area contributed by atoms with Crippen molar-refractivity contribution in [3.05, 3.63) is 93.5 Å². The number of aryl methyl sites for hydroxylation is 2. The van der Waals surface area contributed by atoms with Crippen molar-refractivity contribution in [2.45, 2.75) is 44.6 Å². The molecule has 180 valence electrons. The summed E-state index contributed by atoms with van der Waals surface area (Å²) in [6.07, 6.45) is 3.19. The number of amides is 1. The van der Waals surface area contributed by atoms with Gasteiger partial charge in [0.05, 0.1) is 11.4 Å². The largest absolute Gasteiger partial charge is 0.325 e. The Kier molecular flexibility index (Phi) is 9.14. The molecule has 8 heteroatoms. The summed E-state index contributed by atoms with van der Waals surface area (Å²) in [6, 6.07) is 19.0. The molecule has 1 amide bonds. The van der Waals surface area contributed by atoms with Crippen LogP contribution in [0.5, 0.6) is 0 Å². The zero-order chi connectivity index (χ0) is 24.7. The van der Waals surface area contributed by atoms with Crippen LogP contribution in [0, 0.1) is 6.92 Å². The van der Waals surface area contributed by atoms with E-state index in [1.165, 1.54) is 17.7 Å². The van der Waals surface area contributed by atoms with Crippen LogP contribution >= 0.6 is 23.2 Å². The third-order valence-electron chi connectivity index (χ3n) is 5.43. The standard InChI is InChI=1S/C26H28Cl2N2O3S/c1-3-4-6-20-11-13-21(14-12-20)29-26(31)18-30(17-23-24(27)7-5-8-25(23)28)34(32,33)22-15-9-19(2)10-16-22/h5,7-16H,3-4,6,17-18H2,1-2H3,(H,29,31). The number of nitrogens with one attached hydrogen (secondary N) is 1. The molecule has 0 saturated carbocycles. The van der Waals surface area contributed by atoms with Gasteiger partial charge >= 0.3 is 0 Å². The van der Waals surface area contributed by atoms with Gasteiger partial charge in [-0.1, -0.05) is 72.4 Å². The number of sulfonamides is 1. The molecule has 0 aliphatic rings. The summed E-state index contributed by atoms with van der Waals surface area (Å²) >= 11 is 12.6. The lowest BCUT2D eigenvalue weighted by Gasteiger charge is -2.23. The number of unbranched alkanes of at least 4 members (excludes halogenated alkanes) is 1. The van der Waals surface area contributed by atoms with Gasteiger partial charge in [-0.05, 0) is 61.7 Å². The van der Waals surface area contributed by atoms with Crippen molar-refractivity contribution in [1.29, 1.82) is 0 Å². The van der Waals surface area contributed by atoms with Gasteiger partial charge in [0.15, 0.2) is 0 Å². The highest BCUT2D eigenvalue weighted by atomic mass is 35.5. The van der Waals surface area contributed by atoms with Crippen LogP contribution in [0.25, 0.3) is 0 Å². The van der Waals surface area contributed by atoms with Crippen molar-refractivity contribution >= 4 is 44.8 Å². The quantitative estimate of drug-likeness (QED) is 0.334. The van der Waals surface area contributed by atoms with E-state index in [9.17, 15) is 13.2 Å². The minimum atomic E-state index is -4.00. The first-order chi connectivity index (χ1) is 16.2. The lowest BCUT2D eigenvalue weighted by Crippen LogP contribution is -2.37. The molecule has 0 aromatic heterocycles. The minimum Gasteiger partial charge on any atom is -0.325 e. The van der Waals surface area contributed by atoms with E-state index in [4.69, 9.17) is 23.2 Å². The molecule has 0 atom stereocenters. The van der Waals surface area contributed by atoms with Crippen molar-refractivity contribution in [3.8, 4) is 0 Å². The molecule has 0 radical (unpaired) electrons. The van der Waals surface area contributed by atoms with Crippen LogP contribution in [0.1, 0.15) is 36.5 Å². The Hall–Kier alpha value is -2.38. The third-order valence-corrected chi connectivity index (χ3v) is 7.95. The molecule has 0 aliphatic carbocycles. The van der Waals surface area contributed by atoms with Crippen molar-refractivity contribution in [3.63, 3.8) is 0 Å². The lowest BCUT2D eigenvalue weighted by molar-refractivity contribution is -0.116. The highest BCUT2D eigenvalue weighted by Gasteiger charge is 2.28. The number of hydrogen-bond acceptors (Lipinski definition) is 3. The van der Waals surface area contributed by atoms with Gasteiger partial charge in [0.25, 0.3) is 0 Å². The average molecular weight is 519 g/mol. The van der Waals surface area contributed by atoms with Crippen LogP contribution in [0.4, 0.5) is 5.69 Å². The van der Waals surface area contributed by atoms with Crippen LogP contribution in [-0.2, 0) is 27.8 Å². The summed E-state index contributed by atoms with van der Waals surface area (Å²) in [4.78, 5) is 13.0. The molecule has 0 spiro atoms. The predicted molar refractivity (Wildman–Crippen MR) is 139 cm³/mol. The van der Waals surface area contributed by atoms with E-state index in [-0.39, 0.29) is 11.4 Å². The number of nitrogens with zero attached hydrogens (tertiary/aromatic N) is 1. The first kappa shape index (κ1) is 26.2. The van der Waals surface area contributed by atoms with E-state index in [1.807, 2.05) is 31.2 Å². The summed E-state index contributed by atoms with van der Waals surface area (Å²) in [5.41, 5.74) is 3.17. The molecule has 3 aromatic rings. The number of benzene rings is 3. The molecule has 0 aliphatic heterocycles. The predicted octanol–water partition coefficient (Wildman–Crippen LogP) is 6.47. The fourth-order valence-corrected chi connectivity index (χ4v) is 5.32. The van der Waals surface area contributed by atoms with Crippen LogP contribution < -0.4 is 5.32 Å². The van der Waals surface area contributed by atoms with Gasteiger partial charge in [-0.25, -0.2) is 8.42 Å². The van der Waals surface area contributed by atoms with Gasteiger partial charge in [0.1, 0.15) is 0 Å². The zero-order valence-corrected chi connectivity index (χ0v) is 21.6. The number of rotatable bonds is 10. The SMILES string of the molecule is CCCCc1ccc(NC(=O)CN(Cc2c(Cl)cccc2Cl)S(=O)(=O)c2ccc(C)cc2)cc1. The summed E-state index contributed by atoms with van der Waals surface area (Å²) in [6.45, 7) is 3.48. The summed E-state index contributed by atoms with van der Waals surface area (Å²) in [5, 5.41) is 3.46. The Morgan fingerprint density at radius 3 is 2.15 bits per heavy atom. The Morgan fingerprint density at radius 1 is 0.941 bits per heavy atom. The molecular formula is C26H28Cl2N2O3S. The molecule has 0 unspecified atom stereocenters. The Labute approximate surface area is 211 Å². The second-order valence-corrected chi connectivity index (χ2v) is 10.9. The smallest absolute Gasteiger partial charge is 0.243 e. The van der Waals surface area contributed by atoms with Crippen LogP contribution in [-0.4, -0.2) is 25.2 Å². The molecule has 1 N–H and O–H groups in total.